The molecule has 0 aliphatic heterocycles. The molecular weight excluding hydrogens is 440 g/mol. The third-order valence-corrected chi connectivity index (χ3v) is 6.90. The lowest BCUT2D eigenvalue weighted by Gasteiger charge is -2.37. The van der Waals surface area contributed by atoms with Crippen LogP contribution < -0.4 is 10.5 Å². The van der Waals surface area contributed by atoms with Crippen LogP contribution in [0.25, 0.3) is 22.7 Å². The van der Waals surface area contributed by atoms with E-state index in [1.807, 2.05) is 30.1 Å². The summed E-state index contributed by atoms with van der Waals surface area (Å²) in [6.07, 6.45) is 15.1. The molecule has 3 aromatic rings. The highest BCUT2D eigenvalue weighted by molar-refractivity contribution is 5.76. The van der Waals surface area contributed by atoms with Crippen LogP contribution in [-0.4, -0.2) is 32.7 Å². The molecule has 0 saturated heterocycles. The second-order valence-electron chi connectivity index (χ2n) is 9.48. The smallest absolute Gasteiger partial charge is 0.297 e. The molecule has 2 heterocycles. The van der Waals surface area contributed by atoms with E-state index in [-0.39, 0.29) is 17.6 Å². The molecule has 0 spiro atoms. The summed E-state index contributed by atoms with van der Waals surface area (Å²) in [6.45, 7) is 4.42. The molecule has 0 saturated carbocycles. The Labute approximate surface area is 204 Å². The maximum absolute atomic E-state index is 13.1. The first-order valence-electron chi connectivity index (χ1n) is 12.0. The summed E-state index contributed by atoms with van der Waals surface area (Å²) in [5.74, 6) is 0.889. The number of rotatable bonds is 5. The highest BCUT2D eigenvalue weighted by Gasteiger charge is 2.31. The van der Waals surface area contributed by atoms with Crippen LogP contribution in [0.2, 0.25) is 0 Å². The second-order valence-corrected chi connectivity index (χ2v) is 9.48. The zero-order valence-corrected chi connectivity index (χ0v) is 20.5. The lowest BCUT2D eigenvalue weighted by molar-refractivity contribution is 0.455. The third kappa shape index (κ3) is 4.11. The SMILES string of the molecule is CC1C=CC(C(C2=CC=CCC2C)N(C)c2nc(-c3nc4ccccc4o3)c(O)c(=O)n2C)=CC1. The fraction of sp³-hybridized carbons (Fsp3) is 0.321. The number of anilines is 1. The summed E-state index contributed by atoms with van der Waals surface area (Å²) < 4.78 is 7.23. The summed E-state index contributed by atoms with van der Waals surface area (Å²) in [5, 5.41) is 10.7. The molecule has 180 valence electrons. The molecule has 0 amide bonds. The van der Waals surface area contributed by atoms with Crippen molar-refractivity contribution in [1.29, 1.82) is 0 Å². The molecule has 3 unspecified atom stereocenters. The first-order valence-corrected chi connectivity index (χ1v) is 12.0. The number of hydrogen-bond donors (Lipinski definition) is 1. The van der Waals surface area contributed by atoms with Crippen molar-refractivity contribution in [2.45, 2.75) is 32.7 Å². The van der Waals surface area contributed by atoms with Gasteiger partial charge < -0.3 is 14.4 Å². The largest absolute Gasteiger partial charge is 0.501 e. The van der Waals surface area contributed by atoms with Gasteiger partial charge in [0, 0.05) is 14.1 Å². The van der Waals surface area contributed by atoms with Crippen LogP contribution in [0.5, 0.6) is 5.75 Å². The quantitative estimate of drug-likeness (QED) is 0.556. The van der Waals surface area contributed by atoms with Gasteiger partial charge >= 0.3 is 0 Å². The van der Waals surface area contributed by atoms with Crippen molar-refractivity contribution in [2.24, 2.45) is 18.9 Å². The first-order chi connectivity index (χ1) is 16.8. The Morgan fingerprint density at radius 2 is 2.00 bits per heavy atom. The van der Waals surface area contributed by atoms with Gasteiger partial charge in [-0.05, 0) is 48.0 Å². The predicted molar refractivity (Wildman–Crippen MR) is 138 cm³/mol. The average Bonchev–Trinajstić information content (AvgIpc) is 3.29. The number of para-hydroxylation sites is 2. The standard InChI is InChI=1S/C28H30N4O3/c1-17-13-15-19(16-14-17)24(20-10-6-5-9-18(20)2)31(3)28-30-23(25(33)27(34)32(28)4)26-29-21-11-7-8-12-22(21)35-26/h5-8,10-13,15-18,24,33H,9,14H2,1-4H3. The Bertz CT molecular complexity index is 1420. The number of nitrogens with zero attached hydrogens (tertiary/aromatic N) is 4. The fourth-order valence-corrected chi connectivity index (χ4v) is 4.84. The molecule has 2 aliphatic carbocycles. The molecule has 2 aromatic heterocycles. The fourth-order valence-electron chi connectivity index (χ4n) is 4.84. The number of hydrogen-bond acceptors (Lipinski definition) is 6. The Morgan fingerprint density at radius 1 is 1.20 bits per heavy atom. The highest BCUT2D eigenvalue weighted by atomic mass is 16.4. The number of aromatic nitrogens is 3. The van der Waals surface area contributed by atoms with Crippen LogP contribution in [0, 0.1) is 11.8 Å². The van der Waals surface area contributed by atoms with Crippen molar-refractivity contribution in [3.05, 3.63) is 82.2 Å². The highest BCUT2D eigenvalue weighted by Crippen LogP contribution is 2.35. The van der Waals surface area contributed by atoms with Gasteiger partial charge in [0.05, 0.1) is 6.04 Å². The van der Waals surface area contributed by atoms with E-state index in [9.17, 15) is 9.90 Å². The van der Waals surface area contributed by atoms with E-state index in [0.29, 0.717) is 28.9 Å². The van der Waals surface area contributed by atoms with Crippen LogP contribution >= 0.6 is 0 Å². The lowest BCUT2D eigenvalue weighted by atomic mass is 9.82. The van der Waals surface area contributed by atoms with Gasteiger partial charge in [-0.15, -0.1) is 0 Å². The topological polar surface area (TPSA) is 84.4 Å². The van der Waals surface area contributed by atoms with Crippen molar-refractivity contribution in [1.82, 2.24) is 14.5 Å². The second kappa shape index (κ2) is 9.06. The monoisotopic (exact) mass is 470 g/mol. The molecule has 2 aliphatic rings. The minimum atomic E-state index is -0.551. The van der Waals surface area contributed by atoms with Crippen molar-refractivity contribution < 1.29 is 9.52 Å². The van der Waals surface area contributed by atoms with E-state index in [4.69, 9.17) is 9.40 Å². The summed E-state index contributed by atoms with van der Waals surface area (Å²) in [7, 11) is 3.57. The molecule has 0 fully saturated rings. The molecule has 35 heavy (non-hydrogen) atoms. The number of benzene rings is 1. The molecule has 7 nitrogen and oxygen atoms in total. The number of oxazole rings is 1. The maximum Gasteiger partial charge on any atom is 0.297 e. The molecule has 7 heteroatoms. The van der Waals surface area contributed by atoms with Gasteiger partial charge in [0.2, 0.25) is 11.7 Å². The van der Waals surface area contributed by atoms with E-state index in [1.165, 1.54) is 15.7 Å². The minimum Gasteiger partial charge on any atom is -0.501 e. The molecule has 5 rings (SSSR count). The van der Waals surface area contributed by atoms with E-state index in [0.717, 1.165) is 12.8 Å². The molecule has 0 bridgehead atoms. The van der Waals surface area contributed by atoms with Crippen LogP contribution in [0.3, 0.4) is 0 Å². The van der Waals surface area contributed by atoms with E-state index in [1.54, 1.807) is 13.1 Å². The Hall–Kier alpha value is -3.87. The third-order valence-electron chi connectivity index (χ3n) is 6.90. The van der Waals surface area contributed by atoms with Crippen molar-refractivity contribution >= 4 is 17.0 Å². The van der Waals surface area contributed by atoms with Gasteiger partial charge in [-0.2, -0.15) is 0 Å². The summed E-state index contributed by atoms with van der Waals surface area (Å²) in [6, 6.07) is 7.20. The Balaban J connectivity index is 1.65. The molecular formula is C28H30N4O3. The number of fused-ring (bicyclic) bond motifs is 1. The van der Waals surface area contributed by atoms with Crippen LogP contribution in [-0.2, 0) is 7.05 Å². The van der Waals surface area contributed by atoms with Crippen molar-refractivity contribution in [3.63, 3.8) is 0 Å². The average molecular weight is 471 g/mol. The van der Waals surface area contributed by atoms with Crippen molar-refractivity contribution in [2.75, 3.05) is 11.9 Å². The normalized spacial score (nSPS) is 20.6. The summed E-state index contributed by atoms with van der Waals surface area (Å²) in [5.41, 5.74) is 3.12. The molecule has 0 radical (unpaired) electrons. The Kier molecular flexibility index (Phi) is 5.93. The number of allylic oxidation sites excluding steroid dienone is 5. The zero-order valence-electron chi connectivity index (χ0n) is 20.5. The Morgan fingerprint density at radius 3 is 2.71 bits per heavy atom. The van der Waals surface area contributed by atoms with Crippen LogP contribution in [0.1, 0.15) is 26.7 Å². The van der Waals surface area contributed by atoms with Crippen LogP contribution in [0.4, 0.5) is 5.95 Å². The predicted octanol–water partition coefficient (Wildman–Crippen LogP) is 5.14. The number of likely N-dealkylation sites (N-methyl/N-ethyl adjacent to an activating group) is 1. The molecule has 3 atom stereocenters. The van der Waals surface area contributed by atoms with Gasteiger partial charge in [0.1, 0.15) is 5.52 Å². The van der Waals surface area contributed by atoms with Gasteiger partial charge in [-0.3, -0.25) is 9.36 Å². The zero-order chi connectivity index (χ0) is 24.7. The van der Waals surface area contributed by atoms with Gasteiger partial charge in [0.15, 0.2) is 11.3 Å². The lowest BCUT2D eigenvalue weighted by Crippen LogP contribution is -2.41. The van der Waals surface area contributed by atoms with Crippen molar-refractivity contribution in [3.8, 4) is 17.3 Å². The number of aromatic hydroxyl groups is 1. The van der Waals surface area contributed by atoms with Gasteiger partial charge in [0.25, 0.3) is 11.4 Å². The summed E-state index contributed by atoms with van der Waals surface area (Å²) >= 11 is 0. The maximum atomic E-state index is 13.1. The van der Waals surface area contributed by atoms with Gasteiger partial charge in [-0.25, -0.2) is 9.97 Å². The first kappa shape index (κ1) is 22.9. The minimum absolute atomic E-state index is 0.0391. The van der Waals surface area contributed by atoms with Gasteiger partial charge in [-0.1, -0.05) is 62.4 Å². The van der Waals surface area contributed by atoms with E-state index < -0.39 is 11.3 Å². The molecule has 1 N–H and O–H groups in total. The van der Waals surface area contributed by atoms with Crippen LogP contribution in [0.15, 0.2) is 81.1 Å². The summed E-state index contributed by atoms with van der Waals surface area (Å²) in [4.78, 5) is 24.3. The van der Waals surface area contributed by atoms with E-state index >= 15 is 0 Å². The van der Waals surface area contributed by atoms with E-state index in [2.05, 4.69) is 55.3 Å². The molecule has 1 aromatic carbocycles.